The SMILES string of the molecule is O=C(NC1CCCCC1)N1CC(c2nc(CCOCc3ccccc3)no2)C1. The van der Waals surface area contributed by atoms with Gasteiger partial charge in [-0.05, 0) is 18.4 Å². The minimum absolute atomic E-state index is 0.0391. The molecule has 150 valence electrons. The van der Waals surface area contributed by atoms with Crippen LogP contribution in [0.15, 0.2) is 34.9 Å². The van der Waals surface area contributed by atoms with Crippen molar-refractivity contribution in [1.29, 1.82) is 0 Å². The summed E-state index contributed by atoms with van der Waals surface area (Å²) in [6.45, 7) is 2.42. The number of amides is 2. The van der Waals surface area contributed by atoms with Crippen LogP contribution in [-0.4, -0.2) is 46.8 Å². The highest BCUT2D eigenvalue weighted by molar-refractivity contribution is 5.75. The summed E-state index contributed by atoms with van der Waals surface area (Å²) in [5, 5.41) is 7.19. The first-order valence-corrected chi connectivity index (χ1v) is 10.3. The summed E-state index contributed by atoms with van der Waals surface area (Å²) in [7, 11) is 0. The zero-order valence-electron chi connectivity index (χ0n) is 16.2. The van der Waals surface area contributed by atoms with Crippen molar-refractivity contribution in [3.63, 3.8) is 0 Å². The second-order valence-corrected chi connectivity index (χ2v) is 7.72. The fourth-order valence-corrected chi connectivity index (χ4v) is 3.78. The Kier molecular flexibility index (Phi) is 6.21. The van der Waals surface area contributed by atoms with Crippen LogP contribution in [0, 0.1) is 0 Å². The number of aromatic nitrogens is 2. The average molecular weight is 384 g/mol. The molecule has 1 saturated carbocycles. The predicted molar refractivity (Wildman–Crippen MR) is 104 cm³/mol. The normalized spacial score (nSPS) is 18.1. The molecule has 0 radical (unpaired) electrons. The molecule has 2 aromatic rings. The van der Waals surface area contributed by atoms with Crippen LogP contribution in [0.4, 0.5) is 4.79 Å². The quantitative estimate of drug-likeness (QED) is 0.741. The van der Waals surface area contributed by atoms with Gasteiger partial charge in [0.25, 0.3) is 0 Å². The topological polar surface area (TPSA) is 80.5 Å². The third-order valence-corrected chi connectivity index (χ3v) is 5.52. The lowest BCUT2D eigenvalue weighted by atomic mass is 9.95. The number of hydrogen-bond acceptors (Lipinski definition) is 5. The molecule has 1 aliphatic heterocycles. The van der Waals surface area contributed by atoms with E-state index in [2.05, 4.69) is 15.5 Å². The Hall–Kier alpha value is -2.41. The number of carbonyl (C=O) groups excluding carboxylic acids is 1. The number of likely N-dealkylation sites (tertiary alicyclic amines) is 1. The van der Waals surface area contributed by atoms with E-state index in [1.807, 2.05) is 35.2 Å². The maximum absolute atomic E-state index is 12.3. The molecule has 0 atom stereocenters. The highest BCUT2D eigenvalue weighted by Crippen LogP contribution is 2.26. The second-order valence-electron chi connectivity index (χ2n) is 7.72. The van der Waals surface area contributed by atoms with Gasteiger partial charge in [-0.3, -0.25) is 0 Å². The third-order valence-electron chi connectivity index (χ3n) is 5.52. The van der Waals surface area contributed by atoms with Crippen LogP contribution in [0.3, 0.4) is 0 Å². The Morgan fingerprint density at radius 1 is 1.18 bits per heavy atom. The average Bonchev–Trinajstić information content (AvgIpc) is 3.14. The van der Waals surface area contributed by atoms with Crippen LogP contribution in [-0.2, 0) is 17.8 Å². The Labute approximate surface area is 165 Å². The van der Waals surface area contributed by atoms with Gasteiger partial charge in [-0.2, -0.15) is 4.98 Å². The van der Waals surface area contributed by atoms with Crippen LogP contribution < -0.4 is 5.32 Å². The first-order chi connectivity index (χ1) is 13.8. The van der Waals surface area contributed by atoms with Gasteiger partial charge in [0.2, 0.25) is 5.89 Å². The Morgan fingerprint density at radius 3 is 2.75 bits per heavy atom. The van der Waals surface area contributed by atoms with Crippen molar-refractivity contribution < 1.29 is 14.1 Å². The molecular weight excluding hydrogens is 356 g/mol. The van der Waals surface area contributed by atoms with Gasteiger partial charge in [0.1, 0.15) is 0 Å². The molecule has 1 aromatic carbocycles. The number of hydrogen-bond donors (Lipinski definition) is 1. The largest absolute Gasteiger partial charge is 0.376 e. The number of ether oxygens (including phenoxy) is 1. The lowest BCUT2D eigenvalue weighted by molar-refractivity contribution is 0.122. The number of rotatable bonds is 7. The molecule has 0 unspecified atom stereocenters. The van der Waals surface area contributed by atoms with Gasteiger partial charge in [-0.1, -0.05) is 54.8 Å². The molecule has 0 bridgehead atoms. The van der Waals surface area contributed by atoms with Gasteiger partial charge in [0.05, 0.1) is 19.1 Å². The molecule has 1 aromatic heterocycles. The Morgan fingerprint density at radius 2 is 1.96 bits per heavy atom. The fraction of sp³-hybridized carbons (Fsp3) is 0.571. The van der Waals surface area contributed by atoms with Crippen molar-refractivity contribution in [2.45, 2.75) is 57.1 Å². The van der Waals surface area contributed by atoms with E-state index < -0.39 is 0 Å². The lowest BCUT2D eigenvalue weighted by Crippen LogP contribution is -2.54. The van der Waals surface area contributed by atoms with Gasteiger partial charge in [0, 0.05) is 25.6 Å². The van der Waals surface area contributed by atoms with Crippen LogP contribution in [0.1, 0.15) is 55.3 Å². The van der Waals surface area contributed by atoms with Crippen molar-refractivity contribution in [3.8, 4) is 0 Å². The Balaban J connectivity index is 1.15. The van der Waals surface area contributed by atoms with Gasteiger partial charge < -0.3 is 19.5 Å². The molecule has 1 saturated heterocycles. The van der Waals surface area contributed by atoms with E-state index in [1.54, 1.807) is 0 Å². The summed E-state index contributed by atoms with van der Waals surface area (Å²) in [6, 6.07) is 10.5. The van der Waals surface area contributed by atoms with E-state index in [0.29, 0.717) is 50.5 Å². The molecule has 28 heavy (non-hydrogen) atoms. The molecule has 2 aliphatic rings. The lowest BCUT2D eigenvalue weighted by Gasteiger charge is -2.38. The summed E-state index contributed by atoms with van der Waals surface area (Å²) in [5.74, 6) is 1.43. The standard InChI is InChI=1S/C21H28N4O3/c26-21(22-18-9-5-2-6-10-18)25-13-17(14-25)20-23-19(24-28-20)11-12-27-15-16-7-3-1-4-8-16/h1,3-4,7-8,17-18H,2,5-6,9-15H2,(H,22,26). The van der Waals surface area contributed by atoms with Crippen molar-refractivity contribution >= 4 is 6.03 Å². The van der Waals surface area contributed by atoms with Crippen molar-refractivity contribution in [3.05, 3.63) is 47.6 Å². The zero-order valence-corrected chi connectivity index (χ0v) is 16.2. The van der Waals surface area contributed by atoms with Gasteiger partial charge >= 0.3 is 6.03 Å². The number of nitrogens with one attached hydrogen (secondary N) is 1. The molecule has 7 heteroatoms. The number of benzene rings is 1. The number of carbonyl (C=O) groups is 1. The summed E-state index contributed by atoms with van der Waals surface area (Å²) in [6.07, 6.45) is 6.54. The van der Waals surface area contributed by atoms with E-state index in [1.165, 1.54) is 19.3 Å². The van der Waals surface area contributed by atoms with Crippen LogP contribution in [0.25, 0.3) is 0 Å². The maximum atomic E-state index is 12.3. The van der Waals surface area contributed by atoms with E-state index >= 15 is 0 Å². The predicted octanol–water partition coefficient (Wildman–Crippen LogP) is 3.27. The number of urea groups is 1. The molecule has 0 spiro atoms. The van der Waals surface area contributed by atoms with Crippen LogP contribution >= 0.6 is 0 Å². The highest BCUT2D eigenvalue weighted by atomic mass is 16.5. The van der Waals surface area contributed by atoms with Crippen molar-refractivity contribution in [1.82, 2.24) is 20.4 Å². The fourth-order valence-electron chi connectivity index (χ4n) is 3.78. The Bertz CT molecular complexity index is 752. The second kappa shape index (κ2) is 9.19. The van der Waals surface area contributed by atoms with E-state index in [0.717, 1.165) is 18.4 Å². The van der Waals surface area contributed by atoms with Gasteiger partial charge in [0.15, 0.2) is 5.82 Å². The summed E-state index contributed by atoms with van der Waals surface area (Å²) in [5.41, 5.74) is 1.15. The monoisotopic (exact) mass is 384 g/mol. The summed E-state index contributed by atoms with van der Waals surface area (Å²) in [4.78, 5) is 18.6. The van der Waals surface area contributed by atoms with Crippen molar-refractivity contribution in [2.75, 3.05) is 19.7 Å². The van der Waals surface area contributed by atoms with Gasteiger partial charge in [-0.15, -0.1) is 0 Å². The first kappa shape index (κ1) is 18.9. The number of nitrogens with zero attached hydrogens (tertiary/aromatic N) is 3. The van der Waals surface area contributed by atoms with Crippen LogP contribution in [0.5, 0.6) is 0 Å². The smallest absolute Gasteiger partial charge is 0.317 e. The summed E-state index contributed by atoms with van der Waals surface area (Å²) >= 11 is 0. The molecule has 1 N–H and O–H groups in total. The van der Waals surface area contributed by atoms with E-state index in [-0.39, 0.29) is 11.9 Å². The first-order valence-electron chi connectivity index (χ1n) is 10.3. The zero-order chi connectivity index (χ0) is 19.2. The third kappa shape index (κ3) is 4.90. The van der Waals surface area contributed by atoms with Crippen molar-refractivity contribution in [2.24, 2.45) is 0 Å². The van der Waals surface area contributed by atoms with E-state index in [4.69, 9.17) is 9.26 Å². The molecule has 2 heterocycles. The molecule has 1 aliphatic carbocycles. The molecule has 2 amide bonds. The minimum Gasteiger partial charge on any atom is -0.376 e. The van der Waals surface area contributed by atoms with Crippen LogP contribution in [0.2, 0.25) is 0 Å². The molecule has 7 nitrogen and oxygen atoms in total. The highest BCUT2D eigenvalue weighted by Gasteiger charge is 2.36. The molecule has 2 fully saturated rings. The van der Waals surface area contributed by atoms with E-state index in [9.17, 15) is 4.79 Å². The molecule has 4 rings (SSSR count). The minimum atomic E-state index is 0.0391. The van der Waals surface area contributed by atoms with Gasteiger partial charge in [-0.25, -0.2) is 4.79 Å². The molecular formula is C21H28N4O3. The maximum Gasteiger partial charge on any atom is 0.317 e. The summed E-state index contributed by atoms with van der Waals surface area (Å²) < 4.78 is 11.1.